The number of aromatic nitrogens is 4. The Kier molecular flexibility index (Phi) is 3.90. The highest BCUT2D eigenvalue weighted by atomic mass is 35.5. The first-order chi connectivity index (χ1) is 8.63. The number of aryl methyl sites for hydroxylation is 2. The SMILES string of the molecule is Cc1nn(C)c(Cl)c1CC(NN)c1ccncn1. The number of hydrazine groups is 1. The summed E-state index contributed by atoms with van der Waals surface area (Å²) in [5, 5.41) is 4.90. The maximum absolute atomic E-state index is 6.20. The molecule has 1 unspecified atom stereocenters. The third kappa shape index (κ3) is 2.50. The zero-order valence-corrected chi connectivity index (χ0v) is 11.0. The molecule has 2 aromatic heterocycles. The molecule has 1 atom stereocenters. The number of halogens is 1. The van der Waals surface area contributed by atoms with E-state index >= 15 is 0 Å². The molecule has 0 aliphatic carbocycles. The molecule has 2 rings (SSSR count). The van der Waals surface area contributed by atoms with Crippen LogP contribution in [0.5, 0.6) is 0 Å². The molecule has 2 aromatic rings. The Morgan fingerprint density at radius 1 is 1.56 bits per heavy atom. The molecule has 0 saturated carbocycles. The van der Waals surface area contributed by atoms with E-state index in [4.69, 9.17) is 17.4 Å². The van der Waals surface area contributed by atoms with E-state index < -0.39 is 0 Å². The predicted molar refractivity (Wildman–Crippen MR) is 68.8 cm³/mol. The van der Waals surface area contributed by atoms with E-state index in [1.54, 1.807) is 10.9 Å². The smallest absolute Gasteiger partial charge is 0.130 e. The van der Waals surface area contributed by atoms with Crippen molar-refractivity contribution in [1.29, 1.82) is 0 Å². The largest absolute Gasteiger partial charge is 0.271 e. The van der Waals surface area contributed by atoms with Gasteiger partial charge in [-0.2, -0.15) is 5.10 Å². The summed E-state index contributed by atoms with van der Waals surface area (Å²) in [7, 11) is 1.81. The Bertz CT molecular complexity index is 524. The van der Waals surface area contributed by atoms with Gasteiger partial charge in [0, 0.05) is 18.8 Å². The zero-order valence-electron chi connectivity index (χ0n) is 10.3. The number of hydrogen-bond donors (Lipinski definition) is 2. The van der Waals surface area contributed by atoms with Crippen molar-refractivity contribution in [2.45, 2.75) is 19.4 Å². The summed E-state index contributed by atoms with van der Waals surface area (Å²) >= 11 is 6.20. The highest BCUT2D eigenvalue weighted by molar-refractivity contribution is 6.30. The third-order valence-corrected chi connectivity index (χ3v) is 3.31. The summed E-state index contributed by atoms with van der Waals surface area (Å²) < 4.78 is 1.65. The van der Waals surface area contributed by atoms with Gasteiger partial charge in [0.25, 0.3) is 0 Å². The van der Waals surface area contributed by atoms with E-state index in [1.807, 2.05) is 20.0 Å². The molecule has 0 aromatic carbocycles. The van der Waals surface area contributed by atoms with Crippen LogP contribution in [0.3, 0.4) is 0 Å². The lowest BCUT2D eigenvalue weighted by molar-refractivity contribution is 0.536. The maximum atomic E-state index is 6.20. The molecule has 2 heterocycles. The second-order valence-corrected chi connectivity index (χ2v) is 4.39. The summed E-state index contributed by atoms with van der Waals surface area (Å²) in [6, 6.07) is 1.71. The molecule has 0 fully saturated rings. The van der Waals surface area contributed by atoms with Crippen LogP contribution >= 0.6 is 11.6 Å². The number of rotatable bonds is 4. The predicted octanol–water partition coefficient (Wildman–Crippen LogP) is 0.919. The van der Waals surface area contributed by atoms with Crippen molar-refractivity contribution in [2.75, 3.05) is 0 Å². The molecule has 0 saturated heterocycles. The van der Waals surface area contributed by atoms with Crippen LogP contribution in [0.15, 0.2) is 18.6 Å². The van der Waals surface area contributed by atoms with Gasteiger partial charge in [-0.15, -0.1) is 0 Å². The van der Waals surface area contributed by atoms with Crippen LogP contribution in [-0.4, -0.2) is 19.7 Å². The second kappa shape index (κ2) is 5.43. The molecule has 0 radical (unpaired) electrons. The Morgan fingerprint density at radius 3 is 2.83 bits per heavy atom. The van der Waals surface area contributed by atoms with E-state index in [1.165, 1.54) is 6.33 Å². The lowest BCUT2D eigenvalue weighted by atomic mass is 10.0. The lowest BCUT2D eigenvalue weighted by Crippen LogP contribution is -2.30. The quantitative estimate of drug-likeness (QED) is 0.635. The Labute approximate surface area is 110 Å². The normalized spacial score (nSPS) is 12.7. The van der Waals surface area contributed by atoms with Gasteiger partial charge in [-0.3, -0.25) is 16.0 Å². The second-order valence-electron chi connectivity index (χ2n) is 4.04. The van der Waals surface area contributed by atoms with Gasteiger partial charge in [-0.05, 0) is 19.4 Å². The Morgan fingerprint density at radius 2 is 2.33 bits per heavy atom. The molecule has 0 bridgehead atoms. The van der Waals surface area contributed by atoms with Gasteiger partial charge < -0.3 is 0 Å². The summed E-state index contributed by atoms with van der Waals surface area (Å²) in [6.07, 6.45) is 3.81. The molecule has 6 nitrogen and oxygen atoms in total. The van der Waals surface area contributed by atoms with E-state index in [2.05, 4.69) is 20.5 Å². The Balaban J connectivity index is 2.26. The van der Waals surface area contributed by atoms with E-state index in [-0.39, 0.29) is 6.04 Å². The van der Waals surface area contributed by atoms with Gasteiger partial charge in [-0.1, -0.05) is 11.6 Å². The average molecular weight is 267 g/mol. The van der Waals surface area contributed by atoms with Crippen LogP contribution in [0.25, 0.3) is 0 Å². The molecule has 3 N–H and O–H groups in total. The average Bonchev–Trinajstić information content (AvgIpc) is 2.62. The number of nitrogens with one attached hydrogen (secondary N) is 1. The monoisotopic (exact) mass is 266 g/mol. The summed E-state index contributed by atoms with van der Waals surface area (Å²) in [5.41, 5.74) is 5.44. The minimum Gasteiger partial charge on any atom is -0.271 e. The van der Waals surface area contributed by atoms with Crippen LogP contribution in [0, 0.1) is 6.92 Å². The van der Waals surface area contributed by atoms with E-state index in [9.17, 15) is 0 Å². The number of hydrogen-bond acceptors (Lipinski definition) is 5. The van der Waals surface area contributed by atoms with Crippen molar-refractivity contribution >= 4 is 11.6 Å². The first-order valence-electron chi connectivity index (χ1n) is 5.53. The minimum atomic E-state index is -0.117. The van der Waals surface area contributed by atoms with Crippen LogP contribution < -0.4 is 11.3 Å². The minimum absolute atomic E-state index is 0.117. The fourth-order valence-corrected chi connectivity index (χ4v) is 2.12. The molecule has 0 aliphatic heterocycles. The standard InChI is InChI=1S/C11H15ClN6/c1-7-8(11(12)18(2)17-7)5-10(16-13)9-3-4-14-6-15-9/h3-4,6,10,16H,5,13H2,1-2H3. The maximum Gasteiger partial charge on any atom is 0.130 e. The van der Waals surface area contributed by atoms with Gasteiger partial charge in [0.2, 0.25) is 0 Å². The zero-order chi connectivity index (χ0) is 13.1. The summed E-state index contributed by atoms with van der Waals surface area (Å²) in [5.74, 6) is 5.58. The van der Waals surface area contributed by atoms with Crippen molar-refractivity contribution in [3.63, 3.8) is 0 Å². The fourth-order valence-electron chi connectivity index (χ4n) is 1.87. The molecular weight excluding hydrogens is 252 g/mol. The highest BCUT2D eigenvalue weighted by Crippen LogP contribution is 2.24. The molecule has 0 aliphatic rings. The van der Waals surface area contributed by atoms with Crippen molar-refractivity contribution in [3.05, 3.63) is 40.7 Å². The van der Waals surface area contributed by atoms with Gasteiger partial charge in [0.1, 0.15) is 11.5 Å². The summed E-state index contributed by atoms with van der Waals surface area (Å²) in [4.78, 5) is 8.07. The topological polar surface area (TPSA) is 81.7 Å². The van der Waals surface area contributed by atoms with Crippen molar-refractivity contribution in [3.8, 4) is 0 Å². The number of nitrogens with zero attached hydrogens (tertiary/aromatic N) is 4. The fraction of sp³-hybridized carbons (Fsp3) is 0.364. The van der Waals surface area contributed by atoms with Gasteiger partial charge in [0.05, 0.1) is 17.4 Å². The van der Waals surface area contributed by atoms with Crippen molar-refractivity contribution in [2.24, 2.45) is 12.9 Å². The summed E-state index contributed by atoms with van der Waals surface area (Å²) in [6.45, 7) is 1.93. The molecular formula is C11H15ClN6. The van der Waals surface area contributed by atoms with Gasteiger partial charge >= 0.3 is 0 Å². The Hall–Kier alpha value is -1.50. The van der Waals surface area contributed by atoms with E-state index in [0.717, 1.165) is 17.0 Å². The van der Waals surface area contributed by atoms with Gasteiger partial charge in [0.15, 0.2) is 0 Å². The molecule has 96 valence electrons. The number of nitrogens with two attached hydrogens (primary N) is 1. The lowest BCUT2D eigenvalue weighted by Gasteiger charge is -2.14. The van der Waals surface area contributed by atoms with Crippen LogP contribution in [0.1, 0.15) is 23.0 Å². The highest BCUT2D eigenvalue weighted by Gasteiger charge is 2.18. The molecule has 0 spiro atoms. The van der Waals surface area contributed by atoms with Crippen LogP contribution in [-0.2, 0) is 13.5 Å². The molecule has 7 heteroatoms. The molecule has 0 amide bonds. The third-order valence-electron chi connectivity index (χ3n) is 2.84. The van der Waals surface area contributed by atoms with Crippen LogP contribution in [0.4, 0.5) is 0 Å². The van der Waals surface area contributed by atoms with Gasteiger partial charge in [-0.25, -0.2) is 9.97 Å². The van der Waals surface area contributed by atoms with Crippen LogP contribution in [0.2, 0.25) is 5.15 Å². The van der Waals surface area contributed by atoms with E-state index in [0.29, 0.717) is 11.6 Å². The first-order valence-corrected chi connectivity index (χ1v) is 5.91. The van der Waals surface area contributed by atoms with Crippen molar-refractivity contribution in [1.82, 2.24) is 25.2 Å². The molecule has 18 heavy (non-hydrogen) atoms. The van der Waals surface area contributed by atoms with Crippen molar-refractivity contribution < 1.29 is 0 Å². The first kappa shape index (κ1) is 12.9.